The van der Waals surface area contributed by atoms with Crippen molar-refractivity contribution in [3.8, 4) is 0 Å². The molecular formula is C24H28. The van der Waals surface area contributed by atoms with Crippen LogP contribution < -0.4 is 0 Å². The van der Waals surface area contributed by atoms with Crippen LogP contribution in [0.15, 0.2) is 60.2 Å². The second-order valence-electron chi connectivity index (χ2n) is 8.19. The highest BCUT2D eigenvalue weighted by atomic mass is 14.3. The Hall–Kier alpha value is -2.08. The Bertz CT molecular complexity index is 808. The second-order valence-corrected chi connectivity index (χ2v) is 8.19. The average molecular weight is 316 g/mol. The zero-order chi connectivity index (χ0) is 17.5. The third-order valence-electron chi connectivity index (χ3n) is 5.09. The Morgan fingerprint density at radius 2 is 1.54 bits per heavy atom. The van der Waals surface area contributed by atoms with Crippen LogP contribution in [0.25, 0.3) is 5.57 Å². The van der Waals surface area contributed by atoms with Crippen molar-refractivity contribution in [2.24, 2.45) is 5.41 Å². The van der Waals surface area contributed by atoms with Gasteiger partial charge in [0.15, 0.2) is 0 Å². The lowest BCUT2D eigenvalue weighted by Crippen LogP contribution is -2.20. The Labute approximate surface area is 146 Å². The fourth-order valence-electron chi connectivity index (χ4n) is 3.65. The monoisotopic (exact) mass is 316 g/mol. The van der Waals surface area contributed by atoms with Crippen molar-refractivity contribution in [1.82, 2.24) is 0 Å². The van der Waals surface area contributed by atoms with E-state index in [0.29, 0.717) is 0 Å². The molecule has 0 aliphatic heterocycles. The number of allylic oxidation sites excluding steroid dienone is 3. The first-order valence-corrected chi connectivity index (χ1v) is 8.83. The summed E-state index contributed by atoms with van der Waals surface area (Å²) in [5.74, 6) is 0. The van der Waals surface area contributed by atoms with Gasteiger partial charge in [-0.05, 0) is 59.9 Å². The van der Waals surface area contributed by atoms with Gasteiger partial charge in [-0.25, -0.2) is 0 Å². The van der Waals surface area contributed by atoms with Gasteiger partial charge in [0.05, 0.1) is 0 Å². The van der Waals surface area contributed by atoms with Crippen LogP contribution in [0.3, 0.4) is 0 Å². The maximum absolute atomic E-state index is 4.49. The van der Waals surface area contributed by atoms with E-state index < -0.39 is 0 Å². The predicted octanol–water partition coefficient (Wildman–Crippen LogP) is 6.46. The summed E-state index contributed by atoms with van der Waals surface area (Å²) in [5, 5.41) is 0. The second kappa shape index (κ2) is 6.09. The zero-order valence-corrected chi connectivity index (χ0v) is 15.7. The number of hydrogen-bond donors (Lipinski definition) is 0. The summed E-state index contributed by atoms with van der Waals surface area (Å²) in [5.41, 5.74) is 11.1. The number of benzene rings is 2. The molecule has 0 heterocycles. The van der Waals surface area contributed by atoms with Gasteiger partial charge >= 0.3 is 0 Å². The predicted molar refractivity (Wildman–Crippen MR) is 105 cm³/mol. The van der Waals surface area contributed by atoms with Gasteiger partial charge < -0.3 is 0 Å². The lowest BCUT2D eigenvalue weighted by Gasteiger charge is -2.33. The van der Waals surface area contributed by atoms with Crippen LogP contribution in [0.1, 0.15) is 48.6 Å². The van der Waals surface area contributed by atoms with Crippen molar-refractivity contribution >= 4 is 5.57 Å². The highest BCUT2D eigenvalue weighted by Crippen LogP contribution is 2.43. The van der Waals surface area contributed by atoms with Crippen molar-refractivity contribution in [3.63, 3.8) is 0 Å². The molecule has 0 bridgehead atoms. The first-order chi connectivity index (χ1) is 11.3. The molecule has 124 valence electrons. The van der Waals surface area contributed by atoms with Crippen LogP contribution in [-0.4, -0.2) is 0 Å². The lowest BCUT2D eigenvalue weighted by atomic mass is 9.71. The van der Waals surface area contributed by atoms with E-state index in [1.807, 2.05) is 0 Å². The molecule has 3 rings (SSSR count). The highest BCUT2D eigenvalue weighted by molar-refractivity contribution is 5.83. The minimum atomic E-state index is 0.157. The third kappa shape index (κ3) is 3.24. The smallest absolute Gasteiger partial charge is 0.00199 e. The van der Waals surface area contributed by atoms with Crippen LogP contribution in [0.2, 0.25) is 0 Å². The highest BCUT2D eigenvalue weighted by Gasteiger charge is 2.28. The van der Waals surface area contributed by atoms with Gasteiger partial charge in [0.25, 0.3) is 0 Å². The Balaban J connectivity index is 2.08. The molecule has 0 N–H and O–H groups in total. The van der Waals surface area contributed by atoms with Crippen molar-refractivity contribution in [2.75, 3.05) is 0 Å². The normalized spacial score (nSPS) is 14.8. The molecule has 0 aromatic heterocycles. The Morgan fingerprint density at radius 1 is 0.917 bits per heavy atom. The molecule has 2 aromatic carbocycles. The summed E-state index contributed by atoms with van der Waals surface area (Å²) in [6.45, 7) is 15.8. The molecule has 0 saturated carbocycles. The largest absolute Gasteiger partial charge is 0.0909 e. The number of aryl methyl sites for hydroxylation is 2. The molecule has 0 nitrogen and oxygen atoms in total. The summed E-state index contributed by atoms with van der Waals surface area (Å²) < 4.78 is 0. The minimum absolute atomic E-state index is 0.157. The van der Waals surface area contributed by atoms with E-state index in [4.69, 9.17) is 0 Å². The Kier molecular flexibility index (Phi) is 4.25. The molecule has 1 aliphatic carbocycles. The number of rotatable bonds is 2. The van der Waals surface area contributed by atoms with E-state index in [1.165, 1.54) is 44.5 Å². The van der Waals surface area contributed by atoms with Gasteiger partial charge in [-0.1, -0.05) is 86.5 Å². The first-order valence-electron chi connectivity index (χ1n) is 8.83. The number of hydrogen-bond acceptors (Lipinski definition) is 0. The molecule has 0 saturated heterocycles. The number of fused-ring (bicyclic) bond motifs is 1. The molecule has 0 radical (unpaired) electrons. The van der Waals surface area contributed by atoms with E-state index in [9.17, 15) is 0 Å². The maximum Gasteiger partial charge on any atom is -0.00199 e. The van der Waals surface area contributed by atoms with Crippen LogP contribution in [0.5, 0.6) is 0 Å². The van der Waals surface area contributed by atoms with Crippen LogP contribution in [0.4, 0.5) is 0 Å². The SMILES string of the molecule is C=C1C(Cc2ccc(C)cc2)=C(C(C)(C)C)Cc2cc(C)ccc21. The van der Waals surface area contributed by atoms with Crippen molar-refractivity contribution in [2.45, 2.75) is 47.5 Å². The summed E-state index contributed by atoms with van der Waals surface area (Å²) in [4.78, 5) is 0. The van der Waals surface area contributed by atoms with E-state index in [-0.39, 0.29) is 5.41 Å². The molecule has 0 atom stereocenters. The molecule has 1 aliphatic rings. The van der Waals surface area contributed by atoms with Crippen LogP contribution in [-0.2, 0) is 12.8 Å². The molecule has 0 amide bonds. The van der Waals surface area contributed by atoms with E-state index in [2.05, 4.69) is 83.7 Å². The van der Waals surface area contributed by atoms with Crippen LogP contribution in [0, 0.1) is 19.3 Å². The van der Waals surface area contributed by atoms with E-state index in [0.717, 1.165) is 12.8 Å². The summed E-state index contributed by atoms with van der Waals surface area (Å²) in [7, 11) is 0. The quantitative estimate of drug-likeness (QED) is 0.596. The third-order valence-corrected chi connectivity index (χ3v) is 5.09. The molecule has 0 unspecified atom stereocenters. The minimum Gasteiger partial charge on any atom is -0.0909 e. The van der Waals surface area contributed by atoms with E-state index >= 15 is 0 Å². The van der Waals surface area contributed by atoms with Crippen molar-refractivity contribution in [1.29, 1.82) is 0 Å². The average Bonchev–Trinajstić information content (AvgIpc) is 2.50. The van der Waals surface area contributed by atoms with Gasteiger partial charge in [0, 0.05) is 0 Å². The van der Waals surface area contributed by atoms with Gasteiger partial charge in [-0.3, -0.25) is 0 Å². The molecule has 0 spiro atoms. The van der Waals surface area contributed by atoms with Crippen molar-refractivity contribution in [3.05, 3.63) is 88.0 Å². The van der Waals surface area contributed by atoms with Crippen molar-refractivity contribution < 1.29 is 0 Å². The molecule has 0 heteroatoms. The fraction of sp³-hybridized carbons (Fsp3) is 0.333. The molecule has 0 fully saturated rings. The van der Waals surface area contributed by atoms with E-state index in [1.54, 1.807) is 0 Å². The lowest BCUT2D eigenvalue weighted by molar-refractivity contribution is 0.485. The molecule has 24 heavy (non-hydrogen) atoms. The summed E-state index contributed by atoms with van der Waals surface area (Å²) in [6.07, 6.45) is 2.01. The van der Waals surface area contributed by atoms with Crippen LogP contribution >= 0.6 is 0 Å². The van der Waals surface area contributed by atoms with Gasteiger partial charge in [-0.15, -0.1) is 0 Å². The van der Waals surface area contributed by atoms with Gasteiger partial charge in [0.2, 0.25) is 0 Å². The van der Waals surface area contributed by atoms with Gasteiger partial charge in [0.1, 0.15) is 0 Å². The summed E-state index contributed by atoms with van der Waals surface area (Å²) >= 11 is 0. The molecule has 2 aromatic rings. The fourth-order valence-corrected chi connectivity index (χ4v) is 3.65. The standard InChI is InChI=1S/C24H28/c1-16-7-10-19(11-8-16)14-22-18(3)21-12-9-17(2)13-20(21)15-23(22)24(4,5)6/h7-13H,3,14-15H2,1-2,4-6H3. The topological polar surface area (TPSA) is 0 Å². The Morgan fingerprint density at radius 3 is 2.17 bits per heavy atom. The summed E-state index contributed by atoms with van der Waals surface area (Å²) in [6, 6.07) is 15.7. The zero-order valence-electron chi connectivity index (χ0n) is 15.7. The molecular weight excluding hydrogens is 288 g/mol. The maximum atomic E-state index is 4.49. The first kappa shape index (κ1) is 16.8. The van der Waals surface area contributed by atoms with Gasteiger partial charge in [-0.2, -0.15) is 0 Å².